The van der Waals surface area contributed by atoms with Gasteiger partial charge in [0.25, 0.3) is 0 Å². The van der Waals surface area contributed by atoms with Crippen LogP contribution in [-0.4, -0.2) is 23.5 Å². The Morgan fingerprint density at radius 2 is 2.10 bits per heavy atom. The van der Waals surface area contributed by atoms with E-state index in [1.54, 1.807) is 4.90 Å². The second-order valence-electron chi connectivity index (χ2n) is 5.49. The van der Waals surface area contributed by atoms with Gasteiger partial charge in [0.15, 0.2) is 0 Å². The summed E-state index contributed by atoms with van der Waals surface area (Å²) in [6.07, 6.45) is 1.91. The zero-order valence-corrected chi connectivity index (χ0v) is 12.0. The maximum absolute atomic E-state index is 12.5. The van der Waals surface area contributed by atoms with E-state index in [2.05, 4.69) is 6.92 Å². The third-order valence-electron chi connectivity index (χ3n) is 3.90. The summed E-state index contributed by atoms with van der Waals surface area (Å²) in [6, 6.07) is 7.64. The maximum atomic E-state index is 12.5. The van der Waals surface area contributed by atoms with Crippen LogP contribution in [0.3, 0.4) is 0 Å². The van der Waals surface area contributed by atoms with Gasteiger partial charge in [-0.25, -0.2) is 0 Å². The van der Waals surface area contributed by atoms with E-state index in [0.29, 0.717) is 6.54 Å². The number of fused-ring (bicyclic) bond motifs is 1. The highest BCUT2D eigenvalue weighted by molar-refractivity contribution is 5.97. The summed E-state index contributed by atoms with van der Waals surface area (Å²) in [7, 11) is 0. The minimum absolute atomic E-state index is 0.0170. The second-order valence-corrected chi connectivity index (χ2v) is 5.49. The largest absolute Gasteiger partial charge is 0.481 e. The molecule has 0 saturated carbocycles. The Kier molecular flexibility index (Phi) is 4.42. The number of carboxylic acid groups (broad SMARTS) is 1. The molecule has 4 nitrogen and oxygen atoms in total. The van der Waals surface area contributed by atoms with Gasteiger partial charge in [0, 0.05) is 24.1 Å². The number of amides is 1. The van der Waals surface area contributed by atoms with Crippen molar-refractivity contribution in [3.63, 3.8) is 0 Å². The molecule has 108 valence electrons. The molecule has 2 unspecified atom stereocenters. The molecule has 2 atom stereocenters. The van der Waals surface area contributed by atoms with E-state index < -0.39 is 5.97 Å². The SMILES string of the molecule is CCCC(C)C(=O)N1CC(CC(=O)O)c2ccccc21. The first kappa shape index (κ1) is 14.6. The molecule has 0 radical (unpaired) electrons. The van der Waals surface area contributed by atoms with Crippen LogP contribution in [0.1, 0.15) is 44.6 Å². The summed E-state index contributed by atoms with van der Waals surface area (Å²) in [4.78, 5) is 25.2. The van der Waals surface area contributed by atoms with Gasteiger partial charge >= 0.3 is 5.97 Å². The minimum Gasteiger partial charge on any atom is -0.481 e. The van der Waals surface area contributed by atoms with Crippen LogP contribution in [-0.2, 0) is 9.59 Å². The van der Waals surface area contributed by atoms with Crippen molar-refractivity contribution >= 4 is 17.6 Å². The molecule has 1 N–H and O–H groups in total. The van der Waals surface area contributed by atoms with E-state index in [4.69, 9.17) is 5.11 Å². The standard InChI is InChI=1S/C16H21NO3/c1-3-6-11(2)16(20)17-10-12(9-15(18)19)13-7-4-5-8-14(13)17/h4-5,7-8,11-12H,3,6,9-10H2,1-2H3,(H,18,19). The Bertz CT molecular complexity index is 512. The van der Waals surface area contributed by atoms with Crippen LogP contribution in [0.4, 0.5) is 5.69 Å². The molecule has 1 aliphatic heterocycles. The van der Waals surface area contributed by atoms with Crippen molar-refractivity contribution in [2.45, 2.75) is 39.0 Å². The Morgan fingerprint density at radius 1 is 1.40 bits per heavy atom. The third kappa shape index (κ3) is 2.84. The molecule has 0 aliphatic carbocycles. The first-order valence-corrected chi connectivity index (χ1v) is 7.16. The fourth-order valence-electron chi connectivity index (χ4n) is 2.91. The predicted octanol–water partition coefficient (Wildman–Crippen LogP) is 3.03. The molecule has 0 spiro atoms. The molecule has 20 heavy (non-hydrogen) atoms. The first-order valence-electron chi connectivity index (χ1n) is 7.16. The quantitative estimate of drug-likeness (QED) is 0.898. The van der Waals surface area contributed by atoms with Gasteiger partial charge < -0.3 is 10.0 Å². The fraction of sp³-hybridized carbons (Fsp3) is 0.500. The van der Waals surface area contributed by atoms with Crippen molar-refractivity contribution in [2.24, 2.45) is 5.92 Å². The van der Waals surface area contributed by atoms with E-state index >= 15 is 0 Å². The summed E-state index contributed by atoms with van der Waals surface area (Å²) in [5.74, 6) is -0.828. The average Bonchev–Trinajstić information content (AvgIpc) is 2.77. The van der Waals surface area contributed by atoms with Gasteiger partial charge in [-0.15, -0.1) is 0 Å². The van der Waals surface area contributed by atoms with Crippen LogP contribution in [0.25, 0.3) is 0 Å². The maximum Gasteiger partial charge on any atom is 0.304 e. The lowest BCUT2D eigenvalue weighted by atomic mass is 9.98. The summed E-state index contributed by atoms with van der Waals surface area (Å²) in [5.41, 5.74) is 1.86. The molecule has 1 aromatic carbocycles. The smallest absolute Gasteiger partial charge is 0.304 e. The Balaban J connectivity index is 2.24. The van der Waals surface area contributed by atoms with Crippen molar-refractivity contribution in [1.82, 2.24) is 0 Å². The van der Waals surface area contributed by atoms with Gasteiger partial charge in [-0.2, -0.15) is 0 Å². The van der Waals surface area contributed by atoms with Gasteiger partial charge in [0.2, 0.25) is 5.91 Å². The van der Waals surface area contributed by atoms with Gasteiger partial charge in [-0.1, -0.05) is 38.5 Å². The van der Waals surface area contributed by atoms with E-state index in [1.807, 2.05) is 31.2 Å². The third-order valence-corrected chi connectivity index (χ3v) is 3.90. The van der Waals surface area contributed by atoms with Crippen molar-refractivity contribution in [1.29, 1.82) is 0 Å². The van der Waals surface area contributed by atoms with E-state index in [9.17, 15) is 9.59 Å². The summed E-state index contributed by atoms with van der Waals surface area (Å²) in [6.45, 7) is 4.49. The number of carbonyl (C=O) groups excluding carboxylic acids is 1. The van der Waals surface area contributed by atoms with E-state index in [1.165, 1.54) is 0 Å². The minimum atomic E-state index is -0.819. The molecule has 0 fully saturated rings. The lowest BCUT2D eigenvalue weighted by Gasteiger charge is -2.21. The highest BCUT2D eigenvalue weighted by atomic mass is 16.4. The van der Waals surface area contributed by atoms with Crippen molar-refractivity contribution in [3.8, 4) is 0 Å². The summed E-state index contributed by atoms with van der Waals surface area (Å²) < 4.78 is 0. The number of anilines is 1. The molecular weight excluding hydrogens is 254 g/mol. The lowest BCUT2D eigenvalue weighted by Crippen LogP contribution is -2.34. The highest BCUT2D eigenvalue weighted by Gasteiger charge is 2.34. The van der Waals surface area contributed by atoms with Gasteiger partial charge in [-0.05, 0) is 18.1 Å². The second kappa shape index (κ2) is 6.07. The molecule has 0 saturated heterocycles. The molecule has 4 heteroatoms. The highest BCUT2D eigenvalue weighted by Crippen LogP contribution is 2.38. The van der Waals surface area contributed by atoms with Gasteiger partial charge in [-0.3, -0.25) is 9.59 Å². The molecule has 1 heterocycles. The van der Waals surface area contributed by atoms with Crippen LogP contribution in [0, 0.1) is 5.92 Å². The van der Waals surface area contributed by atoms with Crippen LogP contribution < -0.4 is 4.90 Å². The Morgan fingerprint density at radius 3 is 2.75 bits per heavy atom. The van der Waals surface area contributed by atoms with Crippen LogP contribution in [0.2, 0.25) is 0 Å². The van der Waals surface area contributed by atoms with Crippen LogP contribution in [0.15, 0.2) is 24.3 Å². The zero-order chi connectivity index (χ0) is 14.7. The fourth-order valence-corrected chi connectivity index (χ4v) is 2.91. The molecule has 0 aromatic heterocycles. The zero-order valence-electron chi connectivity index (χ0n) is 12.0. The Hall–Kier alpha value is -1.84. The number of benzene rings is 1. The molecule has 1 aromatic rings. The van der Waals surface area contributed by atoms with Crippen molar-refractivity contribution in [2.75, 3.05) is 11.4 Å². The lowest BCUT2D eigenvalue weighted by molar-refractivity contribution is -0.137. The van der Waals surface area contributed by atoms with E-state index in [0.717, 1.165) is 24.1 Å². The number of carbonyl (C=O) groups is 2. The normalized spacial score (nSPS) is 18.7. The van der Waals surface area contributed by atoms with E-state index in [-0.39, 0.29) is 24.2 Å². The number of rotatable bonds is 5. The molecule has 2 rings (SSSR count). The predicted molar refractivity (Wildman–Crippen MR) is 77.9 cm³/mol. The van der Waals surface area contributed by atoms with Crippen molar-refractivity contribution in [3.05, 3.63) is 29.8 Å². The number of nitrogens with zero attached hydrogens (tertiary/aromatic N) is 1. The van der Waals surface area contributed by atoms with Crippen molar-refractivity contribution < 1.29 is 14.7 Å². The molecular formula is C16H21NO3. The van der Waals surface area contributed by atoms with Crippen LogP contribution >= 0.6 is 0 Å². The summed E-state index contributed by atoms with van der Waals surface area (Å²) >= 11 is 0. The topological polar surface area (TPSA) is 57.6 Å². The monoisotopic (exact) mass is 275 g/mol. The number of hydrogen-bond donors (Lipinski definition) is 1. The van der Waals surface area contributed by atoms with Gasteiger partial charge in [0.1, 0.15) is 0 Å². The number of carboxylic acids is 1. The summed E-state index contributed by atoms with van der Waals surface area (Å²) in [5, 5.41) is 9.01. The molecule has 1 aliphatic rings. The molecule has 0 bridgehead atoms. The number of hydrogen-bond acceptors (Lipinski definition) is 2. The molecule has 1 amide bonds. The Labute approximate surface area is 119 Å². The van der Waals surface area contributed by atoms with Crippen LogP contribution in [0.5, 0.6) is 0 Å². The average molecular weight is 275 g/mol. The number of para-hydroxylation sites is 1. The number of aliphatic carboxylic acids is 1. The first-order chi connectivity index (χ1) is 9.54. The van der Waals surface area contributed by atoms with Gasteiger partial charge in [0.05, 0.1) is 6.42 Å².